The van der Waals surface area contributed by atoms with Gasteiger partial charge >= 0.3 is 16.1 Å². The fourth-order valence-electron chi connectivity index (χ4n) is 2.96. The molecule has 0 heterocycles. The average molecular weight is 379 g/mol. The fourth-order valence-corrected chi connectivity index (χ4v) is 3.68. The van der Waals surface area contributed by atoms with Crippen molar-refractivity contribution in [1.29, 1.82) is 0 Å². The Labute approximate surface area is 154 Å². The standard InChI is InChI=1S/C19H38O5S/c1-3-4-5-6-7-8-9-10-11-12-13-14-15-16-17-19(24-18(2)20)25(21,22)23/h19H,3-17H2,1-2H3,(H,21,22,23). The quantitative estimate of drug-likeness (QED) is 0.201. The number of esters is 1. The Balaban J connectivity index is 3.44. The maximum atomic E-state index is 11.1. The highest BCUT2D eigenvalue weighted by Crippen LogP contribution is 2.16. The molecule has 150 valence electrons. The lowest BCUT2D eigenvalue weighted by molar-refractivity contribution is -0.143. The molecule has 0 radical (unpaired) electrons. The van der Waals surface area contributed by atoms with E-state index in [1.165, 1.54) is 64.2 Å². The summed E-state index contributed by atoms with van der Waals surface area (Å²) in [5.74, 6) is -0.687. The Morgan fingerprint density at radius 1 is 0.800 bits per heavy atom. The van der Waals surface area contributed by atoms with Gasteiger partial charge in [-0.1, -0.05) is 90.4 Å². The van der Waals surface area contributed by atoms with Gasteiger partial charge in [0.2, 0.25) is 5.44 Å². The van der Waals surface area contributed by atoms with Crippen LogP contribution in [0.25, 0.3) is 0 Å². The molecule has 0 aliphatic heterocycles. The van der Waals surface area contributed by atoms with Gasteiger partial charge in [-0.25, -0.2) is 0 Å². The first-order chi connectivity index (χ1) is 11.9. The van der Waals surface area contributed by atoms with Gasteiger partial charge in [0.15, 0.2) is 0 Å². The first-order valence-corrected chi connectivity index (χ1v) is 11.5. The SMILES string of the molecule is CCCCCCCCCCCCCCCCC(OC(C)=O)S(=O)(=O)O. The summed E-state index contributed by atoms with van der Waals surface area (Å²) >= 11 is 0. The van der Waals surface area contributed by atoms with E-state index in [9.17, 15) is 13.2 Å². The number of ether oxygens (including phenoxy) is 1. The van der Waals surface area contributed by atoms with Gasteiger partial charge in [0, 0.05) is 13.3 Å². The van der Waals surface area contributed by atoms with E-state index in [0.717, 1.165) is 26.2 Å². The van der Waals surface area contributed by atoms with Gasteiger partial charge in [0.1, 0.15) is 0 Å². The molecule has 0 aromatic carbocycles. The number of hydrogen-bond acceptors (Lipinski definition) is 4. The van der Waals surface area contributed by atoms with Gasteiger partial charge in [0.25, 0.3) is 0 Å². The summed E-state index contributed by atoms with van der Waals surface area (Å²) in [7, 11) is -4.32. The van der Waals surface area contributed by atoms with Crippen molar-refractivity contribution in [2.75, 3.05) is 0 Å². The second kappa shape index (κ2) is 15.6. The molecule has 0 rings (SSSR count). The van der Waals surface area contributed by atoms with Crippen LogP contribution in [0.4, 0.5) is 0 Å². The molecular weight excluding hydrogens is 340 g/mol. The van der Waals surface area contributed by atoms with Crippen LogP contribution in [0.5, 0.6) is 0 Å². The Morgan fingerprint density at radius 2 is 1.16 bits per heavy atom. The van der Waals surface area contributed by atoms with E-state index in [2.05, 4.69) is 11.7 Å². The van der Waals surface area contributed by atoms with E-state index in [1.807, 2.05) is 0 Å². The van der Waals surface area contributed by atoms with Gasteiger partial charge in [-0.05, 0) is 6.42 Å². The van der Waals surface area contributed by atoms with Crippen LogP contribution in [-0.4, -0.2) is 24.4 Å². The second-order valence-corrected chi connectivity index (χ2v) is 8.49. The van der Waals surface area contributed by atoms with E-state index in [4.69, 9.17) is 4.55 Å². The number of unbranched alkanes of at least 4 members (excludes halogenated alkanes) is 13. The van der Waals surface area contributed by atoms with Gasteiger partial charge < -0.3 is 4.74 Å². The van der Waals surface area contributed by atoms with Crippen molar-refractivity contribution in [3.8, 4) is 0 Å². The Hall–Kier alpha value is -0.620. The molecule has 0 fully saturated rings. The predicted molar refractivity (Wildman–Crippen MR) is 102 cm³/mol. The molecular formula is C19H38O5S. The predicted octanol–water partition coefficient (Wildman–Crippen LogP) is 5.63. The van der Waals surface area contributed by atoms with Crippen LogP contribution in [0.2, 0.25) is 0 Å². The number of rotatable bonds is 17. The second-order valence-electron chi connectivity index (χ2n) is 6.94. The van der Waals surface area contributed by atoms with Crippen molar-refractivity contribution in [1.82, 2.24) is 0 Å². The molecule has 25 heavy (non-hydrogen) atoms. The molecule has 1 N–H and O–H groups in total. The van der Waals surface area contributed by atoms with Crippen molar-refractivity contribution in [3.63, 3.8) is 0 Å². The lowest BCUT2D eigenvalue weighted by atomic mass is 10.0. The minimum Gasteiger partial charge on any atom is -0.444 e. The van der Waals surface area contributed by atoms with Crippen LogP contribution >= 0.6 is 0 Å². The zero-order valence-electron chi connectivity index (χ0n) is 16.2. The zero-order chi connectivity index (χ0) is 19.0. The number of carbonyl (C=O) groups is 1. The average Bonchev–Trinajstić information content (AvgIpc) is 2.52. The Morgan fingerprint density at radius 3 is 1.48 bits per heavy atom. The first-order valence-electron chi connectivity index (χ1n) is 10.0. The summed E-state index contributed by atoms with van der Waals surface area (Å²) in [6.45, 7) is 3.39. The summed E-state index contributed by atoms with van der Waals surface area (Å²) in [5, 5.41) is 0. The van der Waals surface area contributed by atoms with Crippen molar-refractivity contribution in [3.05, 3.63) is 0 Å². The third-order valence-electron chi connectivity index (χ3n) is 4.42. The van der Waals surface area contributed by atoms with E-state index >= 15 is 0 Å². The highest BCUT2D eigenvalue weighted by Gasteiger charge is 2.25. The smallest absolute Gasteiger partial charge is 0.304 e. The van der Waals surface area contributed by atoms with Crippen LogP contribution in [0.3, 0.4) is 0 Å². The first kappa shape index (κ1) is 24.4. The van der Waals surface area contributed by atoms with Crippen molar-refractivity contribution in [2.45, 2.75) is 116 Å². The molecule has 1 atom stereocenters. The van der Waals surface area contributed by atoms with Gasteiger partial charge in [-0.15, -0.1) is 0 Å². The third-order valence-corrected chi connectivity index (χ3v) is 5.42. The van der Waals surface area contributed by atoms with Crippen molar-refractivity contribution in [2.24, 2.45) is 0 Å². The molecule has 6 heteroatoms. The molecule has 5 nitrogen and oxygen atoms in total. The van der Waals surface area contributed by atoms with Crippen molar-refractivity contribution < 1.29 is 22.5 Å². The van der Waals surface area contributed by atoms with Gasteiger partial charge in [-0.2, -0.15) is 8.42 Å². The summed E-state index contributed by atoms with van der Waals surface area (Å²) in [6.07, 6.45) is 17.2. The lowest BCUT2D eigenvalue weighted by Gasteiger charge is -2.13. The van der Waals surface area contributed by atoms with Crippen LogP contribution in [0.1, 0.15) is 110 Å². The lowest BCUT2D eigenvalue weighted by Crippen LogP contribution is -2.25. The summed E-state index contributed by atoms with van der Waals surface area (Å²) in [5.41, 5.74) is -1.41. The maximum absolute atomic E-state index is 11.1. The normalized spacial score (nSPS) is 12.9. The largest absolute Gasteiger partial charge is 0.444 e. The minimum absolute atomic E-state index is 0.163. The number of carbonyl (C=O) groups excluding carboxylic acids is 1. The van der Waals surface area contributed by atoms with Crippen LogP contribution in [0, 0.1) is 0 Å². The minimum atomic E-state index is -4.32. The van der Waals surface area contributed by atoms with E-state index in [1.54, 1.807) is 0 Å². The molecule has 0 aromatic heterocycles. The molecule has 0 spiro atoms. The Bertz CT molecular complexity index is 420. The highest BCUT2D eigenvalue weighted by atomic mass is 32.2. The molecule has 0 aliphatic rings. The van der Waals surface area contributed by atoms with E-state index in [-0.39, 0.29) is 6.42 Å². The van der Waals surface area contributed by atoms with Crippen LogP contribution in [-0.2, 0) is 19.6 Å². The summed E-state index contributed by atoms with van der Waals surface area (Å²) in [6, 6.07) is 0. The number of hydrogen-bond donors (Lipinski definition) is 1. The summed E-state index contributed by atoms with van der Waals surface area (Å²) < 4.78 is 35.9. The molecule has 0 aliphatic carbocycles. The molecule has 0 saturated heterocycles. The van der Waals surface area contributed by atoms with Gasteiger partial charge in [-0.3, -0.25) is 9.35 Å². The monoisotopic (exact) mass is 378 g/mol. The molecule has 0 saturated carbocycles. The van der Waals surface area contributed by atoms with Crippen molar-refractivity contribution >= 4 is 16.1 Å². The molecule has 0 bridgehead atoms. The fraction of sp³-hybridized carbons (Fsp3) is 0.947. The molecule has 0 amide bonds. The maximum Gasteiger partial charge on any atom is 0.304 e. The van der Waals surface area contributed by atoms with E-state index in [0.29, 0.717) is 6.42 Å². The summed E-state index contributed by atoms with van der Waals surface area (Å²) in [4.78, 5) is 10.9. The van der Waals surface area contributed by atoms with E-state index < -0.39 is 21.5 Å². The third kappa shape index (κ3) is 16.6. The van der Waals surface area contributed by atoms with Gasteiger partial charge in [0.05, 0.1) is 0 Å². The Kier molecular flexibility index (Phi) is 15.2. The molecule has 1 unspecified atom stereocenters. The highest BCUT2D eigenvalue weighted by molar-refractivity contribution is 7.86. The van der Waals surface area contributed by atoms with Crippen LogP contribution < -0.4 is 0 Å². The van der Waals surface area contributed by atoms with Crippen LogP contribution in [0.15, 0.2) is 0 Å². The zero-order valence-corrected chi connectivity index (χ0v) is 17.0. The topological polar surface area (TPSA) is 80.7 Å². The molecule has 0 aromatic rings.